The van der Waals surface area contributed by atoms with Crippen LogP contribution < -0.4 is 15.4 Å². The van der Waals surface area contributed by atoms with E-state index in [2.05, 4.69) is 15.4 Å². The predicted molar refractivity (Wildman–Crippen MR) is 89.7 cm³/mol. The summed E-state index contributed by atoms with van der Waals surface area (Å²) in [7, 11) is -2.52. The summed E-state index contributed by atoms with van der Waals surface area (Å²) in [6, 6.07) is 4.23. The van der Waals surface area contributed by atoms with Crippen molar-refractivity contribution >= 4 is 22.4 Å². The van der Waals surface area contributed by atoms with Crippen molar-refractivity contribution in [3.63, 3.8) is 0 Å². The van der Waals surface area contributed by atoms with Crippen molar-refractivity contribution in [2.45, 2.75) is 37.5 Å². The second kappa shape index (κ2) is 8.58. The third-order valence-corrected chi connectivity index (χ3v) is 4.98. The van der Waals surface area contributed by atoms with E-state index in [1.807, 2.05) is 4.90 Å². The molecular formula is C15H20F3N3O4S. The van der Waals surface area contributed by atoms with E-state index < -0.39 is 28.5 Å². The number of hydrogen-bond acceptors (Lipinski definition) is 5. The van der Waals surface area contributed by atoms with E-state index in [1.54, 1.807) is 6.92 Å². The van der Waals surface area contributed by atoms with Gasteiger partial charge in [0.2, 0.25) is 0 Å². The lowest BCUT2D eigenvalue weighted by molar-refractivity contribution is -0.274. The molecule has 26 heavy (non-hydrogen) atoms. The largest absolute Gasteiger partial charge is 0.573 e. The number of carbonyl (C=O) groups is 1. The number of amides is 2. The highest BCUT2D eigenvalue weighted by Crippen LogP contribution is 2.24. The number of anilines is 1. The number of likely N-dealkylation sites (tertiary alicyclic amines) is 1. The van der Waals surface area contributed by atoms with Gasteiger partial charge in [0.1, 0.15) is 11.1 Å². The average molecular weight is 395 g/mol. The first-order valence-corrected chi connectivity index (χ1v) is 9.19. The molecule has 0 saturated carbocycles. The fourth-order valence-corrected chi connectivity index (χ4v) is 3.14. The molecule has 7 nitrogen and oxygen atoms in total. The van der Waals surface area contributed by atoms with Gasteiger partial charge in [-0.15, -0.1) is 13.2 Å². The van der Waals surface area contributed by atoms with Crippen LogP contribution in [-0.2, 0) is 10.7 Å². The average Bonchev–Trinajstić information content (AvgIpc) is 2.55. The first-order chi connectivity index (χ1) is 12.1. The van der Waals surface area contributed by atoms with Crippen LogP contribution in [0.25, 0.3) is 0 Å². The summed E-state index contributed by atoms with van der Waals surface area (Å²) in [5.41, 5.74) is 0.325. The molecule has 0 radical (unpaired) electrons. The van der Waals surface area contributed by atoms with E-state index >= 15 is 0 Å². The second-order valence-corrected chi connectivity index (χ2v) is 7.22. The number of alkyl halides is 3. The molecule has 2 rings (SSSR count). The van der Waals surface area contributed by atoms with Crippen LogP contribution in [0.5, 0.6) is 5.75 Å². The Kier molecular flexibility index (Phi) is 6.70. The van der Waals surface area contributed by atoms with Crippen LogP contribution in [0.3, 0.4) is 0 Å². The van der Waals surface area contributed by atoms with Gasteiger partial charge in [-0.2, -0.15) is 0 Å². The third-order valence-electron chi connectivity index (χ3n) is 4.04. The molecule has 2 N–H and O–H groups in total. The zero-order valence-corrected chi connectivity index (χ0v) is 14.8. The summed E-state index contributed by atoms with van der Waals surface area (Å²) in [6.07, 6.45) is -3.55. The standard InChI is InChI=1S/C15H20F3N3O4S/c1-10(26(23)24)21-8-6-12(7-9-21)20-14(22)19-11-2-4-13(5-3-11)25-15(16,17)18/h2-5,10,12,26H,6-9H2,1H3,(H2,19,20,22). The van der Waals surface area contributed by atoms with Crippen molar-refractivity contribution in [3.05, 3.63) is 24.3 Å². The molecule has 1 atom stereocenters. The monoisotopic (exact) mass is 395 g/mol. The number of piperidine rings is 1. The van der Waals surface area contributed by atoms with E-state index in [-0.39, 0.29) is 11.8 Å². The molecule has 11 heteroatoms. The fourth-order valence-electron chi connectivity index (χ4n) is 2.64. The highest BCUT2D eigenvalue weighted by atomic mass is 32.2. The lowest BCUT2D eigenvalue weighted by Crippen LogP contribution is -2.48. The zero-order chi connectivity index (χ0) is 19.3. The summed E-state index contributed by atoms with van der Waals surface area (Å²) in [5.74, 6) is -0.373. The van der Waals surface area contributed by atoms with Gasteiger partial charge in [0.25, 0.3) is 0 Å². The van der Waals surface area contributed by atoms with E-state index in [0.29, 0.717) is 31.6 Å². The second-order valence-electron chi connectivity index (χ2n) is 5.90. The van der Waals surface area contributed by atoms with Gasteiger partial charge < -0.3 is 15.4 Å². The first-order valence-electron chi connectivity index (χ1n) is 7.95. The molecule has 1 unspecified atom stereocenters. The van der Waals surface area contributed by atoms with Crippen molar-refractivity contribution in [1.29, 1.82) is 0 Å². The number of thiol groups is 1. The Morgan fingerprint density at radius 1 is 1.23 bits per heavy atom. The van der Waals surface area contributed by atoms with E-state index in [9.17, 15) is 26.4 Å². The zero-order valence-electron chi connectivity index (χ0n) is 14.0. The molecular weight excluding hydrogens is 375 g/mol. The molecule has 1 aliphatic rings. The summed E-state index contributed by atoms with van der Waals surface area (Å²) >= 11 is 0. The highest BCUT2D eigenvalue weighted by Gasteiger charge is 2.31. The molecule has 1 heterocycles. The summed E-state index contributed by atoms with van der Waals surface area (Å²) in [4.78, 5) is 13.8. The van der Waals surface area contributed by atoms with Crippen LogP contribution in [0.4, 0.5) is 23.7 Å². The number of ether oxygens (including phenoxy) is 1. The van der Waals surface area contributed by atoms with Crippen LogP contribution >= 0.6 is 0 Å². The lowest BCUT2D eigenvalue weighted by atomic mass is 10.1. The molecule has 1 fully saturated rings. The number of rotatable bonds is 5. The van der Waals surface area contributed by atoms with Gasteiger partial charge >= 0.3 is 12.4 Å². The van der Waals surface area contributed by atoms with Crippen LogP contribution in [0.15, 0.2) is 24.3 Å². The maximum Gasteiger partial charge on any atom is 0.573 e. The van der Waals surface area contributed by atoms with Gasteiger partial charge in [-0.05, 0) is 44.0 Å². The van der Waals surface area contributed by atoms with Crippen LogP contribution in [-0.4, -0.2) is 50.2 Å². The molecule has 146 valence electrons. The number of benzene rings is 1. The minimum absolute atomic E-state index is 0.101. The van der Waals surface area contributed by atoms with E-state index in [4.69, 9.17) is 0 Å². The van der Waals surface area contributed by atoms with Crippen LogP contribution in [0.1, 0.15) is 19.8 Å². The molecule has 1 aromatic carbocycles. The van der Waals surface area contributed by atoms with Gasteiger partial charge in [-0.3, -0.25) is 4.90 Å². The molecule has 0 bridgehead atoms. The molecule has 1 saturated heterocycles. The molecule has 0 spiro atoms. The fraction of sp³-hybridized carbons (Fsp3) is 0.533. The van der Waals surface area contributed by atoms with Crippen molar-refractivity contribution < 1.29 is 31.1 Å². The van der Waals surface area contributed by atoms with Crippen LogP contribution in [0, 0.1) is 0 Å². The Morgan fingerprint density at radius 3 is 2.31 bits per heavy atom. The van der Waals surface area contributed by atoms with Crippen molar-refractivity contribution in [2.75, 3.05) is 18.4 Å². The minimum Gasteiger partial charge on any atom is -0.406 e. The maximum atomic E-state index is 12.1. The summed E-state index contributed by atoms with van der Waals surface area (Å²) < 4.78 is 62.1. The number of nitrogens with one attached hydrogen (secondary N) is 2. The Bertz CT molecular complexity index is 678. The van der Waals surface area contributed by atoms with Gasteiger partial charge in [0.05, 0.1) is 0 Å². The Hall–Kier alpha value is -2.01. The van der Waals surface area contributed by atoms with Crippen molar-refractivity contribution in [1.82, 2.24) is 10.2 Å². The van der Waals surface area contributed by atoms with E-state index in [0.717, 1.165) is 12.1 Å². The summed E-state index contributed by atoms with van der Waals surface area (Å²) in [5, 5.41) is 4.77. The molecule has 1 aromatic rings. The number of carbonyl (C=O) groups excluding carboxylic acids is 1. The molecule has 1 aliphatic heterocycles. The Morgan fingerprint density at radius 2 is 1.81 bits per heavy atom. The summed E-state index contributed by atoms with van der Waals surface area (Å²) in [6.45, 7) is 2.73. The molecule has 0 aliphatic carbocycles. The first kappa shape index (κ1) is 20.3. The van der Waals surface area contributed by atoms with E-state index in [1.165, 1.54) is 12.1 Å². The smallest absolute Gasteiger partial charge is 0.406 e. The van der Waals surface area contributed by atoms with Gasteiger partial charge in [-0.1, -0.05) is 0 Å². The van der Waals surface area contributed by atoms with Gasteiger partial charge in [0.15, 0.2) is 10.7 Å². The van der Waals surface area contributed by atoms with Crippen molar-refractivity contribution in [2.24, 2.45) is 0 Å². The highest BCUT2D eigenvalue weighted by molar-refractivity contribution is 7.73. The number of nitrogens with zero attached hydrogens (tertiary/aromatic N) is 1. The number of halogens is 3. The third kappa shape index (κ3) is 6.37. The SMILES string of the molecule is CC(N1CCC(NC(=O)Nc2ccc(OC(F)(F)F)cc2)CC1)[SH](=O)=O. The molecule has 2 amide bonds. The molecule has 0 aromatic heterocycles. The van der Waals surface area contributed by atoms with Crippen molar-refractivity contribution in [3.8, 4) is 5.75 Å². The normalized spacial score (nSPS) is 17.7. The quantitative estimate of drug-likeness (QED) is 0.665. The Balaban J connectivity index is 1.79. The topological polar surface area (TPSA) is 87.7 Å². The van der Waals surface area contributed by atoms with Gasteiger partial charge in [0, 0.05) is 24.8 Å². The predicted octanol–water partition coefficient (Wildman–Crippen LogP) is 2.13. The Labute approximate surface area is 150 Å². The number of urea groups is 1. The van der Waals surface area contributed by atoms with Gasteiger partial charge in [-0.25, -0.2) is 13.2 Å². The minimum atomic E-state index is -4.77. The number of hydrogen-bond donors (Lipinski definition) is 3. The lowest BCUT2D eigenvalue weighted by Gasteiger charge is -2.34. The maximum absolute atomic E-state index is 12.1. The van der Waals surface area contributed by atoms with Crippen LogP contribution in [0.2, 0.25) is 0 Å².